The first-order chi connectivity index (χ1) is 13.5. The molecular weight excluding hydrogens is 357 g/mol. The van der Waals surface area contributed by atoms with Crippen molar-refractivity contribution in [3.8, 4) is 0 Å². The molecule has 0 unspecified atom stereocenters. The molecule has 2 aromatic rings. The molecule has 2 fully saturated rings. The SMILES string of the molecule is CC(=O)N1C[C@H]2CN(C(=O)NCc3cccc(F)c3)C[C@H]2[C@@H]1c1ccccc1. The van der Waals surface area contributed by atoms with Gasteiger partial charge in [0.1, 0.15) is 5.82 Å². The van der Waals surface area contributed by atoms with E-state index in [-0.39, 0.29) is 35.6 Å². The number of likely N-dealkylation sites (tertiary alicyclic amines) is 2. The van der Waals surface area contributed by atoms with E-state index in [4.69, 9.17) is 0 Å². The molecular formula is C22H24FN3O2. The highest BCUT2D eigenvalue weighted by Crippen LogP contribution is 2.44. The zero-order valence-electron chi connectivity index (χ0n) is 15.8. The summed E-state index contributed by atoms with van der Waals surface area (Å²) < 4.78 is 13.3. The summed E-state index contributed by atoms with van der Waals surface area (Å²) in [5.41, 5.74) is 1.85. The summed E-state index contributed by atoms with van der Waals surface area (Å²) in [5, 5.41) is 2.89. The third-order valence-electron chi connectivity index (χ3n) is 5.83. The van der Waals surface area contributed by atoms with E-state index in [1.807, 2.05) is 28.0 Å². The van der Waals surface area contributed by atoms with Gasteiger partial charge in [-0.1, -0.05) is 42.5 Å². The Labute approximate surface area is 164 Å². The first-order valence-corrected chi connectivity index (χ1v) is 9.62. The molecule has 2 saturated heterocycles. The molecule has 6 heteroatoms. The van der Waals surface area contributed by atoms with E-state index in [0.717, 1.165) is 11.1 Å². The van der Waals surface area contributed by atoms with Crippen LogP contribution in [-0.2, 0) is 11.3 Å². The van der Waals surface area contributed by atoms with Crippen LogP contribution < -0.4 is 5.32 Å². The van der Waals surface area contributed by atoms with Crippen LogP contribution in [0.1, 0.15) is 24.1 Å². The van der Waals surface area contributed by atoms with Crippen molar-refractivity contribution in [3.63, 3.8) is 0 Å². The minimum atomic E-state index is -0.308. The Balaban J connectivity index is 1.44. The Kier molecular flexibility index (Phi) is 5.03. The lowest BCUT2D eigenvalue weighted by atomic mass is 9.89. The number of rotatable bonds is 3. The number of carbonyl (C=O) groups excluding carboxylic acids is 2. The number of hydrogen-bond donors (Lipinski definition) is 1. The van der Waals surface area contributed by atoms with Crippen LogP contribution in [0.5, 0.6) is 0 Å². The van der Waals surface area contributed by atoms with E-state index in [9.17, 15) is 14.0 Å². The van der Waals surface area contributed by atoms with Crippen LogP contribution in [0.4, 0.5) is 9.18 Å². The molecule has 5 nitrogen and oxygen atoms in total. The summed E-state index contributed by atoms with van der Waals surface area (Å²) in [7, 11) is 0. The standard InChI is InChI=1S/C22H24FN3O2/c1-15(27)26-13-18-12-25(14-20(18)21(26)17-7-3-2-4-8-17)22(28)24-11-16-6-5-9-19(23)10-16/h2-10,18,20-21H,11-14H2,1H3,(H,24,28)/t18-,20-,21+/m1/s1. The van der Waals surface area contributed by atoms with Gasteiger partial charge < -0.3 is 15.1 Å². The van der Waals surface area contributed by atoms with Crippen LogP contribution in [0.15, 0.2) is 54.6 Å². The summed E-state index contributed by atoms with van der Waals surface area (Å²) in [6.45, 7) is 3.83. The van der Waals surface area contributed by atoms with Crippen molar-refractivity contribution in [2.24, 2.45) is 11.8 Å². The second-order valence-corrected chi connectivity index (χ2v) is 7.64. The highest BCUT2D eigenvalue weighted by Gasteiger charge is 2.49. The van der Waals surface area contributed by atoms with E-state index in [1.165, 1.54) is 12.1 Å². The largest absolute Gasteiger partial charge is 0.335 e. The second kappa shape index (κ2) is 7.62. The number of urea groups is 1. The predicted molar refractivity (Wildman–Crippen MR) is 104 cm³/mol. The Morgan fingerprint density at radius 3 is 2.57 bits per heavy atom. The summed E-state index contributed by atoms with van der Waals surface area (Å²) in [4.78, 5) is 28.6. The van der Waals surface area contributed by atoms with E-state index in [2.05, 4.69) is 17.4 Å². The van der Waals surface area contributed by atoms with Crippen molar-refractivity contribution in [2.75, 3.05) is 19.6 Å². The van der Waals surface area contributed by atoms with Crippen LogP contribution >= 0.6 is 0 Å². The number of benzene rings is 2. The smallest absolute Gasteiger partial charge is 0.317 e. The molecule has 0 saturated carbocycles. The van der Waals surface area contributed by atoms with Crippen LogP contribution in [0, 0.1) is 17.7 Å². The molecule has 0 bridgehead atoms. The molecule has 3 atom stereocenters. The third kappa shape index (κ3) is 3.59. The van der Waals surface area contributed by atoms with Crippen LogP contribution in [0.3, 0.4) is 0 Å². The molecule has 0 radical (unpaired) electrons. The quantitative estimate of drug-likeness (QED) is 0.888. The molecule has 2 aliphatic rings. The van der Waals surface area contributed by atoms with Gasteiger partial charge in [-0.05, 0) is 23.3 Å². The average Bonchev–Trinajstić information content (AvgIpc) is 3.25. The lowest BCUT2D eigenvalue weighted by Crippen LogP contribution is -2.41. The van der Waals surface area contributed by atoms with E-state index < -0.39 is 0 Å². The van der Waals surface area contributed by atoms with Crippen molar-refractivity contribution in [1.29, 1.82) is 0 Å². The first kappa shape index (κ1) is 18.5. The second-order valence-electron chi connectivity index (χ2n) is 7.64. The van der Waals surface area contributed by atoms with Crippen LogP contribution in [0.2, 0.25) is 0 Å². The fourth-order valence-corrected chi connectivity index (χ4v) is 4.55. The zero-order chi connectivity index (χ0) is 19.7. The highest BCUT2D eigenvalue weighted by molar-refractivity contribution is 5.76. The summed E-state index contributed by atoms with van der Waals surface area (Å²) >= 11 is 0. The first-order valence-electron chi connectivity index (χ1n) is 9.62. The van der Waals surface area contributed by atoms with Gasteiger partial charge in [-0.25, -0.2) is 9.18 Å². The van der Waals surface area contributed by atoms with Gasteiger partial charge in [0.05, 0.1) is 6.04 Å². The summed E-state index contributed by atoms with van der Waals surface area (Å²) in [6.07, 6.45) is 0. The minimum absolute atomic E-state index is 0.00437. The van der Waals surface area contributed by atoms with Crippen molar-refractivity contribution in [3.05, 3.63) is 71.5 Å². The van der Waals surface area contributed by atoms with Gasteiger partial charge >= 0.3 is 6.03 Å². The van der Waals surface area contributed by atoms with E-state index in [0.29, 0.717) is 26.2 Å². The Morgan fingerprint density at radius 1 is 1.07 bits per heavy atom. The normalized spacial score (nSPS) is 23.6. The molecule has 2 aliphatic heterocycles. The molecule has 28 heavy (non-hydrogen) atoms. The van der Waals surface area contributed by atoms with Gasteiger partial charge in [-0.2, -0.15) is 0 Å². The average molecular weight is 381 g/mol. The fraction of sp³-hybridized carbons (Fsp3) is 0.364. The van der Waals surface area contributed by atoms with Gasteiger partial charge in [0.15, 0.2) is 0 Å². The van der Waals surface area contributed by atoms with Gasteiger partial charge in [-0.15, -0.1) is 0 Å². The third-order valence-corrected chi connectivity index (χ3v) is 5.83. The number of nitrogens with one attached hydrogen (secondary N) is 1. The summed E-state index contributed by atoms with van der Waals surface area (Å²) in [5.74, 6) is 0.267. The van der Waals surface area contributed by atoms with Gasteiger partial charge in [0.25, 0.3) is 0 Å². The van der Waals surface area contributed by atoms with Gasteiger partial charge in [0.2, 0.25) is 5.91 Å². The van der Waals surface area contributed by atoms with Crippen molar-refractivity contribution >= 4 is 11.9 Å². The molecule has 0 aromatic heterocycles. The summed E-state index contributed by atoms with van der Waals surface area (Å²) in [6, 6.07) is 16.1. The molecule has 0 spiro atoms. The minimum Gasteiger partial charge on any atom is -0.335 e. The molecule has 3 amide bonds. The number of amides is 3. The monoisotopic (exact) mass is 381 g/mol. The molecule has 1 N–H and O–H groups in total. The molecule has 2 aromatic carbocycles. The molecule has 146 valence electrons. The number of fused-ring (bicyclic) bond motifs is 1. The van der Waals surface area contributed by atoms with E-state index in [1.54, 1.807) is 19.1 Å². The van der Waals surface area contributed by atoms with Gasteiger partial charge in [-0.3, -0.25) is 4.79 Å². The lowest BCUT2D eigenvalue weighted by Gasteiger charge is -2.29. The molecule has 2 heterocycles. The van der Waals surface area contributed by atoms with E-state index >= 15 is 0 Å². The fourth-order valence-electron chi connectivity index (χ4n) is 4.55. The molecule has 4 rings (SSSR count). The van der Waals surface area contributed by atoms with Crippen molar-refractivity contribution in [2.45, 2.75) is 19.5 Å². The zero-order valence-corrected chi connectivity index (χ0v) is 15.8. The Hall–Kier alpha value is -2.89. The number of halogens is 1. The van der Waals surface area contributed by atoms with Crippen LogP contribution in [0.25, 0.3) is 0 Å². The highest BCUT2D eigenvalue weighted by atomic mass is 19.1. The number of carbonyl (C=O) groups is 2. The van der Waals surface area contributed by atoms with Crippen molar-refractivity contribution in [1.82, 2.24) is 15.1 Å². The van der Waals surface area contributed by atoms with Crippen molar-refractivity contribution < 1.29 is 14.0 Å². The lowest BCUT2D eigenvalue weighted by molar-refractivity contribution is -0.130. The van der Waals surface area contributed by atoms with Crippen LogP contribution in [-0.4, -0.2) is 41.4 Å². The van der Waals surface area contributed by atoms with Gasteiger partial charge in [0, 0.05) is 44.9 Å². The number of nitrogens with zero attached hydrogens (tertiary/aromatic N) is 2. The molecule has 0 aliphatic carbocycles. The number of hydrogen-bond acceptors (Lipinski definition) is 2. The predicted octanol–water partition coefficient (Wildman–Crippen LogP) is 3.19. The Bertz CT molecular complexity index is 873. The topological polar surface area (TPSA) is 52.7 Å². The maximum Gasteiger partial charge on any atom is 0.317 e. The Morgan fingerprint density at radius 2 is 1.86 bits per heavy atom. The maximum absolute atomic E-state index is 13.3. The maximum atomic E-state index is 13.3.